The number of hydrogen-bond donors (Lipinski definition) is 1. The molecule has 6 heteroatoms. The van der Waals surface area contributed by atoms with E-state index in [2.05, 4.69) is 15.3 Å². The van der Waals surface area contributed by atoms with E-state index in [9.17, 15) is 4.39 Å². The summed E-state index contributed by atoms with van der Waals surface area (Å²) in [5.74, 6) is 0.805. The molecule has 0 spiro atoms. The molecule has 0 bridgehead atoms. The average Bonchev–Trinajstić information content (AvgIpc) is 2.38. The highest BCUT2D eigenvalue weighted by Crippen LogP contribution is 2.20. The maximum absolute atomic E-state index is 13.2. The minimum absolute atomic E-state index is 0.105. The Morgan fingerprint density at radius 1 is 1.35 bits per heavy atom. The van der Waals surface area contributed by atoms with Crippen LogP contribution >= 0.6 is 11.6 Å². The Morgan fingerprint density at radius 2 is 2.15 bits per heavy atom. The first kappa shape index (κ1) is 14.7. The molecule has 0 aliphatic carbocycles. The maximum atomic E-state index is 13.2. The summed E-state index contributed by atoms with van der Waals surface area (Å²) in [7, 11) is 1.56. The van der Waals surface area contributed by atoms with E-state index in [4.69, 9.17) is 16.3 Å². The molecule has 4 nitrogen and oxygen atoms in total. The predicted octanol–water partition coefficient (Wildman–Crippen LogP) is 3.59. The number of nitrogens with one attached hydrogen (secondary N) is 1. The molecule has 1 aromatic heterocycles. The highest BCUT2D eigenvalue weighted by Gasteiger charge is 2.09. The largest absolute Gasteiger partial charge is 0.377 e. The van der Waals surface area contributed by atoms with Crippen molar-refractivity contribution in [3.8, 4) is 0 Å². The van der Waals surface area contributed by atoms with Crippen LogP contribution in [-0.2, 0) is 11.3 Å². The first-order valence-corrected chi connectivity index (χ1v) is 6.50. The average molecular weight is 296 g/mol. The Morgan fingerprint density at radius 3 is 2.85 bits per heavy atom. The van der Waals surface area contributed by atoms with Gasteiger partial charge < -0.3 is 10.1 Å². The zero-order valence-corrected chi connectivity index (χ0v) is 12.0. The van der Waals surface area contributed by atoms with E-state index >= 15 is 0 Å². The van der Waals surface area contributed by atoms with Crippen LogP contribution in [0.3, 0.4) is 0 Å². The molecule has 20 heavy (non-hydrogen) atoms. The fraction of sp³-hybridized carbons (Fsp3) is 0.286. The molecule has 1 N–H and O–H groups in total. The van der Waals surface area contributed by atoms with E-state index in [0.29, 0.717) is 16.8 Å². The number of benzene rings is 1. The lowest BCUT2D eigenvalue weighted by atomic mass is 10.1. The smallest absolute Gasteiger partial charge is 0.158 e. The second kappa shape index (κ2) is 6.63. The lowest BCUT2D eigenvalue weighted by Crippen LogP contribution is -2.10. The second-order valence-electron chi connectivity index (χ2n) is 4.35. The van der Waals surface area contributed by atoms with E-state index in [-0.39, 0.29) is 18.5 Å². The third-order valence-corrected chi connectivity index (χ3v) is 2.92. The summed E-state index contributed by atoms with van der Waals surface area (Å²) in [6.07, 6.45) is 0. The number of nitrogens with zero attached hydrogens (tertiary/aromatic N) is 2. The van der Waals surface area contributed by atoms with Crippen molar-refractivity contribution < 1.29 is 9.13 Å². The number of aromatic nitrogens is 2. The van der Waals surface area contributed by atoms with Crippen LogP contribution in [0.1, 0.15) is 24.4 Å². The van der Waals surface area contributed by atoms with Gasteiger partial charge in [-0.3, -0.25) is 0 Å². The number of hydrogen-bond acceptors (Lipinski definition) is 4. The number of rotatable bonds is 5. The van der Waals surface area contributed by atoms with Gasteiger partial charge >= 0.3 is 0 Å². The van der Waals surface area contributed by atoms with Crippen LogP contribution in [-0.4, -0.2) is 17.1 Å². The molecule has 0 saturated carbocycles. The SMILES string of the molecule is COCc1nc(Cl)cc(NC(C)c2cccc(F)c2)n1. The molecule has 1 unspecified atom stereocenters. The summed E-state index contributed by atoms with van der Waals surface area (Å²) < 4.78 is 18.2. The molecule has 0 amide bonds. The van der Waals surface area contributed by atoms with E-state index in [1.54, 1.807) is 19.2 Å². The summed E-state index contributed by atoms with van der Waals surface area (Å²) in [6, 6.07) is 7.93. The third kappa shape index (κ3) is 3.88. The number of ether oxygens (including phenoxy) is 1. The Kier molecular flexibility index (Phi) is 4.87. The van der Waals surface area contributed by atoms with Crippen molar-refractivity contribution in [3.05, 3.63) is 52.7 Å². The maximum Gasteiger partial charge on any atom is 0.158 e. The molecule has 0 fully saturated rings. The standard InChI is InChI=1S/C14H15ClFN3O/c1-9(10-4-3-5-11(16)6-10)17-13-7-12(15)18-14(19-13)8-20-2/h3-7,9H,8H2,1-2H3,(H,17,18,19). The Hall–Kier alpha value is -1.72. The third-order valence-electron chi connectivity index (χ3n) is 2.73. The number of anilines is 1. The van der Waals surface area contributed by atoms with Crippen molar-refractivity contribution >= 4 is 17.4 Å². The lowest BCUT2D eigenvalue weighted by Gasteiger charge is -2.15. The fourth-order valence-electron chi connectivity index (χ4n) is 1.81. The molecule has 2 aromatic rings. The molecule has 1 atom stereocenters. The number of halogens is 2. The zero-order valence-electron chi connectivity index (χ0n) is 11.2. The van der Waals surface area contributed by atoms with Gasteiger partial charge in [0.1, 0.15) is 23.4 Å². The Balaban J connectivity index is 2.16. The van der Waals surface area contributed by atoms with Crippen molar-refractivity contribution in [2.24, 2.45) is 0 Å². The van der Waals surface area contributed by atoms with Gasteiger partial charge in [0.25, 0.3) is 0 Å². The van der Waals surface area contributed by atoms with Crippen molar-refractivity contribution in [2.75, 3.05) is 12.4 Å². The molecule has 1 aromatic carbocycles. The number of methoxy groups -OCH3 is 1. The highest BCUT2D eigenvalue weighted by molar-refractivity contribution is 6.29. The quantitative estimate of drug-likeness (QED) is 0.856. The molecule has 0 radical (unpaired) electrons. The molecule has 1 heterocycles. The second-order valence-corrected chi connectivity index (χ2v) is 4.73. The van der Waals surface area contributed by atoms with Gasteiger partial charge in [0.05, 0.1) is 6.04 Å². The first-order valence-electron chi connectivity index (χ1n) is 6.13. The van der Waals surface area contributed by atoms with Gasteiger partial charge in [0.2, 0.25) is 0 Å². The van der Waals surface area contributed by atoms with Gasteiger partial charge in [-0.05, 0) is 24.6 Å². The van der Waals surface area contributed by atoms with Crippen LogP contribution in [0, 0.1) is 5.82 Å². The van der Waals surface area contributed by atoms with Crippen LogP contribution in [0.15, 0.2) is 30.3 Å². The van der Waals surface area contributed by atoms with E-state index in [0.717, 1.165) is 5.56 Å². The summed E-state index contributed by atoms with van der Waals surface area (Å²) >= 11 is 5.93. The summed E-state index contributed by atoms with van der Waals surface area (Å²) in [4.78, 5) is 8.33. The van der Waals surface area contributed by atoms with Gasteiger partial charge in [-0.2, -0.15) is 0 Å². The molecule has 2 rings (SSSR count). The van der Waals surface area contributed by atoms with Crippen LogP contribution in [0.5, 0.6) is 0 Å². The minimum atomic E-state index is -0.267. The Bertz CT molecular complexity index is 594. The highest BCUT2D eigenvalue weighted by atomic mass is 35.5. The molecule has 106 valence electrons. The van der Waals surface area contributed by atoms with Gasteiger partial charge in [0, 0.05) is 13.2 Å². The summed E-state index contributed by atoms with van der Waals surface area (Å²) in [6.45, 7) is 2.20. The summed E-state index contributed by atoms with van der Waals surface area (Å²) in [5.41, 5.74) is 0.827. The summed E-state index contributed by atoms with van der Waals surface area (Å²) in [5, 5.41) is 3.50. The van der Waals surface area contributed by atoms with Crippen molar-refractivity contribution in [3.63, 3.8) is 0 Å². The van der Waals surface area contributed by atoms with Crippen LogP contribution in [0.25, 0.3) is 0 Å². The topological polar surface area (TPSA) is 47.0 Å². The van der Waals surface area contributed by atoms with Crippen molar-refractivity contribution in [2.45, 2.75) is 19.6 Å². The first-order chi connectivity index (χ1) is 9.58. The molecule has 0 aliphatic rings. The predicted molar refractivity (Wildman–Crippen MR) is 76.2 cm³/mol. The molecular weight excluding hydrogens is 281 g/mol. The molecular formula is C14H15ClFN3O. The lowest BCUT2D eigenvalue weighted by molar-refractivity contribution is 0.178. The molecule has 0 aliphatic heterocycles. The molecule has 0 saturated heterocycles. The Labute approximate surface area is 122 Å². The monoisotopic (exact) mass is 295 g/mol. The van der Waals surface area contributed by atoms with Gasteiger partial charge in [-0.15, -0.1) is 0 Å². The van der Waals surface area contributed by atoms with Crippen LogP contribution in [0.2, 0.25) is 5.15 Å². The van der Waals surface area contributed by atoms with Crippen LogP contribution < -0.4 is 5.32 Å². The van der Waals surface area contributed by atoms with E-state index in [1.807, 2.05) is 13.0 Å². The zero-order chi connectivity index (χ0) is 14.5. The normalized spacial score (nSPS) is 12.2. The minimum Gasteiger partial charge on any atom is -0.377 e. The van der Waals surface area contributed by atoms with Crippen LogP contribution in [0.4, 0.5) is 10.2 Å². The van der Waals surface area contributed by atoms with Gasteiger partial charge in [-0.1, -0.05) is 23.7 Å². The van der Waals surface area contributed by atoms with Gasteiger partial charge in [-0.25, -0.2) is 14.4 Å². The van der Waals surface area contributed by atoms with Gasteiger partial charge in [0.15, 0.2) is 5.82 Å². The van der Waals surface area contributed by atoms with Crippen molar-refractivity contribution in [1.29, 1.82) is 0 Å². The van der Waals surface area contributed by atoms with Crippen molar-refractivity contribution in [1.82, 2.24) is 9.97 Å². The fourth-order valence-corrected chi connectivity index (χ4v) is 2.01. The van der Waals surface area contributed by atoms with E-state index in [1.165, 1.54) is 12.1 Å². The van der Waals surface area contributed by atoms with E-state index < -0.39 is 0 Å².